The fraction of sp³-hybridized carbons (Fsp3) is 0.0455. The zero-order chi connectivity index (χ0) is 19.3. The van der Waals surface area contributed by atoms with Gasteiger partial charge in [0, 0.05) is 10.8 Å². The average molecular weight is 368 g/mol. The lowest BCUT2D eigenvalue weighted by Crippen LogP contribution is -2.13. The highest BCUT2D eigenvalue weighted by atomic mass is 16.5. The van der Waals surface area contributed by atoms with E-state index >= 15 is 0 Å². The second-order valence-electron chi connectivity index (χ2n) is 6.24. The van der Waals surface area contributed by atoms with Crippen molar-refractivity contribution in [1.29, 1.82) is 0 Å². The molecule has 0 N–H and O–H groups in total. The number of nitrogens with zero attached hydrogens (tertiary/aromatic N) is 2. The van der Waals surface area contributed by atoms with Crippen LogP contribution in [0.15, 0.2) is 63.8 Å². The molecular formula is C22H12N2O4. The van der Waals surface area contributed by atoms with Crippen LogP contribution in [0, 0.1) is 12.3 Å². The zero-order valence-corrected chi connectivity index (χ0v) is 14.5. The number of fused-ring (bicyclic) bond motifs is 7. The predicted octanol–water partition coefficient (Wildman–Crippen LogP) is 3.54. The van der Waals surface area contributed by atoms with Crippen LogP contribution in [0.1, 0.15) is 10.5 Å². The molecule has 0 spiro atoms. The predicted molar refractivity (Wildman–Crippen MR) is 105 cm³/mol. The minimum atomic E-state index is -0.592. The lowest BCUT2D eigenvalue weighted by molar-refractivity contribution is 0.0549. The van der Waals surface area contributed by atoms with E-state index in [2.05, 4.69) is 10.9 Å². The topological polar surface area (TPSA) is 73.8 Å². The SMILES string of the molecule is C#CCOC(=O)c1cc2c3ccccc3oc(=O)c2c2nc3ccccc3n12. The maximum Gasteiger partial charge on any atom is 0.356 e. The van der Waals surface area contributed by atoms with E-state index in [9.17, 15) is 9.59 Å². The number of terminal acetylenes is 1. The number of esters is 1. The summed E-state index contributed by atoms with van der Waals surface area (Å²) in [6.07, 6.45) is 5.22. The molecule has 6 nitrogen and oxygen atoms in total. The molecule has 0 amide bonds. The van der Waals surface area contributed by atoms with Gasteiger partial charge in [-0.15, -0.1) is 6.42 Å². The molecule has 3 aromatic heterocycles. The number of ether oxygens (including phenoxy) is 1. The van der Waals surface area contributed by atoms with Crippen molar-refractivity contribution in [2.75, 3.05) is 6.61 Å². The van der Waals surface area contributed by atoms with Crippen LogP contribution in [0.3, 0.4) is 0 Å². The summed E-state index contributed by atoms with van der Waals surface area (Å²) in [4.78, 5) is 30.1. The Morgan fingerprint density at radius 2 is 1.93 bits per heavy atom. The number of hydrogen-bond acceptors (Lipinski definition) is 5. The van der Waals surface area contributed by atoms with E-state index in [4.69, 9.17) is 15.6 Å². The van der Waals surface area contributed by atoms with Crippen molar-refractivity contribution in [2.45, 2.75) is 0 Å². The summed E-state index contributed by atoms with van der Waals surface area (Å²) < 4.78 is 12.3. The van der Waals surface area contributed by atoms with E-state index in [-0.39, 0.29) is 12.3 Å². The Labute approximate surface area is 158 Å². The first kappa shape index (κ1) is 16.1. The normalized spacial score (nSPS) is 11.2. The Hall–Kier alpha value is -4.11. The van der Waals surface area contributed by atoms with Gasteiger partial charge >= 0.3 is 11.6 Å². The van der Waals surface area contributed by atoms with Crippen LogP contribution in [0.5, 0.6) is 0 Å². The Balaban J connectivity index is 2.03. The van der Waals surface area contributed by atoms with Crippen LogP contribution in [-0.2, 0) is 4.74 Å². The first-order chi connectivity index (χ1) is 13.7. The lowest BCUT2D eigenvalue weighted by Gasteiger charge is -2.09. The maximum atomic E-state index is 12.8. The van der Waals surface area contributed by atoms with Gasteiger partial charge < -0.3 is 9.15 Å². The molecule has 6 heteroatoms. The first-order valence-electron chi connectivity index (χ1n) is 8.55. The molecule has 0 aliphatic carbocycles. The van der Waals surface area contributed by atoms with Gasteiger partial charge in [-0.1, -0.05) is 36.3 Å². The number of benzene rings is 2. The summed E-state index contributed by atoms with van der Waals surface area (Å²) in [5.41, 5.74) is 1.82. The van der Waals surface area contributed by atoms with Gasteiger partial charge in [-0.2, -0.15) is 0 Å². The minimum absolute atomic E-state index is 0.150. The second kappa shape index (κ2) is 5.96. The van der Waals surface area contributed by atoms with Crippen LogP contribution in [-0.4, -0.2) is 22.0 Å². The zero-order valence-electron chi connectivity index (χ0n) is 14.5. The van der Waals surface area contributed by atoms with Crippen molar-refractivity contribution in [3.8, 4) is 12.3 Å². The Kier molecular flexibility index (Phi) is 3.43. The standard InChI is InChI=1S/C22H12N2O4/c1-2-11-27-21(25)17-12-14-13-7-3-6-10-18(13)28-22(26)19(14)20-23-15-8-4-5-9-16(15)24(17)20/h1,3-10,12H,11H2. The number of aromatic nitrogens is 2. The van der Waals surface area contributed by atoms with Crippen LogP contribution in [0.25, 0.3) is 38.4 Å². The van der Waals surface area contributed by atoms with Gasteiger partial charge in [-0.25, -0.2) is 14.6 Å². The molecule has 2 aromatic carbocycles. The molecule has 0 bridgehead atoms. The maximum absolute atomic E-state index is 12.8. The number of hydrogen-bond donors (Lipinski definition) is 0. The molecule has 0 radical (unpaired) electrons. The molecule has 3 heterocycles. The summed E-state index contributed by atoms with van der Waals surface area (Å²) >= 11 is 0. The third-order valence-corrected chi connectivity index (χ3v) is 4.66. The molecule has 28 heavy (non-hydrogen) atoms. The summed E-state index contributed by atoms with van der Waals surface area (Å²) in [5, 5.41) is 1.59. The average Bonchev–Trinajstić information content (AvgIpc) is 3.10. The number of imidazole rings is 1. The van der Waals surface area contributed by atoms with Crippen LogP contribution in [0.2, 0.25) is 0 Å². The van der Waals surface area contributed by atoms with E-state index in [0.29, 0.717) is 38.4 Å². The number of pyridine rings is 1. The fourth-order valence-corrected chi connectivity index (χ4v) is 3.51. The Morgan fingerprint density at radius 1 is 1.14 bits per heavy atom. The quantitative estimate of drug-likeness (QED) is 0.206. The van der Waals surface area contributed by atoms with Gasteiger partial charge in [0.2, 0.25) is 0 Å². The molecule has 0 unspecified atom stereocenters. The van der Waals surface area contributed by atoms with E-state index in [1.807, 2.05) is 36.4 Å². The van der Waals surface area contributed by atoms with Gasteiger partial charge in [0.25, 0.3) is 0 Å². The first-order valence-corrected chi connectivity index (χ1v) is 8.55. The third-order valence-electron chi connectivity index (χ3n) is 4.66. The molecule has 0 atom stereocenters. The molecule has 0 aliphatic heterocycles. The highest BCUT2D eigenvalue weighted by Crippen LogP contribution is 2.29. The Morgan fingerprint density at radius 3 is 2.79 bits per heavy atom. The molecule has 134 valence electrons. The van der Waals surface area contributed by atoms with Crippen molar-refractivity contribution >= 4 is 44.4 Å². The summed E-state index contributed by atoms with van der Waals surface area (Å²) in [6.45, 7) is -0.150. The summed E-state index contributed by atoms with van der Waals surface area (Å²) in [7, 11) is 0. The van der Waals surface area contributed by atoms with E-state index in [1.165, 1.54) is 0 Å². The summed E-state index contributed by atoms with van der Waals surface area (Å²) in [6, 6.07) is 16.1. The number of rotatable bonds is 2. The van der Waals surface area contributed by atoms with Crippen LogP contribution < -0.4 is 5.63 Å². The number of carbonyl (C=O) groups excluding carboxylic acids is 1. The van der Waals surface area contributed by atoms with Crippen LogP contribution in [0.4, 0.5) is 0 Å². The van der Waals surface area contributed by atoms with Crippen molar-refractivity contribution in [1.82, 2.24) is 9.38 Å². The molecule has 0 saturated carbocycles. The van der Waals surface area contributed by atoms with Gasteiger partial charge in [-0.05, 0) is 24.3 Å². The van der Waals surface area contributed by atoms with E-state index in [0.717, 1.165) is 0 Å². The largest absolute Gasteiger partial charge is 0.448 e. The highest BCUT2D eigenvalue weighted by molar-refractivity contribution is 6.12. The minimum Gasteiger partial charge on any atom is -0.448 e. The summed E-state index contributed by atoms with van der Waals surface area (Å²) in [5.74, 6) is 1.70. The van der Waals surface area contributed by atoms with E-state index < -0.39 is 11.6 Å². The Bertz CT molecular complexity index is 1520. The third kappa shape index (κ3) is 2.20. The smallest absolute Gasteiger partial charge is 0.356 e. The van der Waals surface area contributed by atoms with Crippen LogP contribution >= 0.6 is 0 Å². The van der Waals surface area contributed by atoms with Gasteiger partial charge in [0.05, 0.1) is 11.0 Å². The molecule has 0 aliphatic rings. The van der Waals surface area contributed by atoms with Crippen molar-refractivity contribution in [3.63, 3.8) is 0 Å². The monoisotopic (exact) mass is 368 g/mol. The van der Waals surface area contributed by atoms with E-state index in [1.54, 1.807) is 22.6 Å². The fourth-order valence-electron chi connectivity index (χ4n) is 3.51. The molecule has 0 fully saturated rings. The highest BCUT2D eigenvalue weighted by Gasteiger charge is 2.21. The molecule has 5 rings (SSSR count). The number of para-hydroxylation sites is 3. The van der Waals surface area contributed by atoms with Crippen molar-refractivity contribution < 1.29 is 13.9 Å². The molecular weight excluding hydrogens is 356 g/mol. The number of carbonyl (C=O) groups is 1. The van der Waals surface area contributed by atoms with Gasteiger partial charge in [0.1, 0.15) is 16.7 Å². The van der Waals surface area contributed by atoms with Crippen molar-refractivity contribution in [3.05, 3.63) is 70.7 Å². The molecule has 0 saturated heterocycles. The molecule has 5 aromatic rings. The second-order valence-corrected chi connectivity index (χ2v) is 6.24. The van der Waals surface area contributed by atoms with Crippen molar-refractivity contribution in [2.24, 2.45) is 0 Å². The lowest BCUT2D eigenvalue weighted by atomic mass is 10.1. The van der Waals surface area contributed by atoms with Gasteiger partial charge in [-0.3, -0.25) is 4.40 Å². The van der Waals surface area contributed by atoms with Gasteiger partial charge in [0.15, 0.2) is 12.3 Å².